The van der Waals surface area contributed by atoms with E-state index in [9.17, 15) is 8.42 Å². The Hall–Kier alpha value is -2.02. The van der Waals surface area contributed by atoms with E-state index in [1.807, 2.05) is 13.8 Å². The van der Waals surface area contributed by atoms with E-state index < -0.39 is 10.0 Å². The molecule has 0 aliphatic heterocycles. The van der Waals surface area contributed by atoms with E-state index in [2.05, 4.69) is 9.88 Å². The first-order chi connectivity index (χ1) is 10.2. The quantitative estimate of drug-likeness (QED) is 0.913. The summed E-state index contributed by atoms with van der Waals surface area (Å²) in [4.78, 5) is 0.148. The molecule has 0 bridgehead atoms. The number of hydrogen-bond acceptors (Lipinski definition) is 5. The van der Waals surface area contributed by atoms with Crippen molar-refractivity contribution in [2.45, 2.75) is 45.6 Å². The van der Waals surface area contributed by atoms with Gasteiger partial charge in [-0.1, -0.05) is 5.16 Å². The highest BCUT2D eigenvalue weighted by Crippen LogP contribution is 2.26. The molecule has 0 amide bonds. The first-order valence-corrected chi connectivity index (χ1v) is 8.42. The third-order valence-electron chi connectivity index (χ3n) is 3.20. The number of aromatic nitrogens is 1. The maximum absolute atomic E-state index is 12.4. The summed E-state index contributed by atoms with van der Waals surface area (Å²) in [7, 11) is -3.73. The monoisotopic (exact) mass is 324 g/mol. The normalized spacial score (nSPS) is 11.7. The van der Waals surface area contributed by atoms with Crippen LogP contribution >= 0.6 is 0 Å². The van der Waals surface area contributed by atoms with Gasteiger partial charge in [0.15, 0.2) is 0 Å². The van der Waals surface area contributed by atoms with Gasteiger partial charge in [-0.2, -0.15) is 0 Å². The summed E-state index contributed by atoms with van der Waals surface area (Å²) in [5.74, 6) is 0.804. The maximum Gasteiger partial charge on any atom is 0.264 e. The smallest absolute Gasteiger partial charge is 0.264 e. The molecule has 0 saturated carbocycles. The average molecular weight is 324 g/mol. The molecule has 0 spiro atoms. The molecule has 1 heterocycles. The van der Waals surface area contributed by atoms with Crippen LogP contribution in [0.1, 0.15) is 30.7 Å². The molecule has 2 aromatic rings. The zero-order valence-corrected chi connectivity index (χ0v) is 14.1. The summed E-state index contributed by atoms with van der Waals surface area (Å²) >= 11 is 0. The third kappa shape index (κ3) is 3.41. The Bertz CT molecular complexity index is 779. The van der Waals surface area contributed by atoms with Crippen molar-refractivity contribution in [3.8, 4) is 5.75 Å². The zero-order chi connectivity index (χ0) is 16.5. The number of nitrogens with zero attached hydrogens (tertiary/aromatic N) is 1. The van der Waals surface area contributed by atoms with Gasteiger partial charge in [0.05, 0.1) is 16.7 Å². The molecule has 6 nitrogen and oxygen atoms in total. The van der Waals surface area contributed by atoms with Crippen LogP contribution in [0.4, 0.5) is 5.88 Å². The molecule has 1 aromatic carbocycles. The van der Waals surface area contributed by atoms with Gasteiger partial charge in [0.2, 0.25) is 5.88 Å². The molecular weight excluding hydrogens is 304 g/mol. The Balaban J connectivity index is 2.30. The summed E-state index contributed by atoms with van der Waals surface area (Å²) < 4.78 is 37.8. The van der Waals surface area contributed by atoms with Crippen LogP contribution in [0.3, 0.4) is 0 Å². The number of ether oxygens (including phenoxy) is 1. The van der Waals surface area contributed by atoms with Crippen molar-refractivity contribution >= 4 is 15.9 Å². The lowest BCUT2D eigenvalue weighted by Gasteiger charge is -2.13. The molecule has 2 rings (SSSR count). The average Bonchev–Trinajstić information content (AvgIpc) is 2.72. The minimum atomic E-state index is -3.73. The van der Waals surface area contributed by atoms with E-state index in [0.29, 0.717) is 17.0 Å². The predicted octanol–water partition coefficient (Wildman–Crippen LogP) is 3.19. The lowest BCUT2D eigenvalue weighted by Crippen LogP contribution is -2.14. The number of hydrogen-bond donors (Lipinski definition) is 1. The van der Waals surface area contributed by atoms with Crippen LogP contribution in [-0.4, -0.2) is 19.7 Å². The second-order valence-corrected chi connectivity index (χ2v) is 7.10. The van der Waals surface area contributed by atoms with Crippen molar-refractivity contribution in [3.05, 3.63) is 35.0 Å². The predicted molar refractivity (Wildman–Crippen MR) is 83.7 cm³/mol. The van der Waals surface area contributed by atoms with Crippen LogP contribution in [0.15, 0.2) is 27.6 Å². The number of aryl methyl sites for hydroxylation is 2. The van der Waals surface area contributed by atoms with Crippen molar-refractivity contribution in [2.24, 2.45) is 0 Å². The van der Waals surface area contributed by atoms with E-state index >= 15 is 0 Å². The van der Waals surface area contributed by atoms with Crippen LogP contribution in [0, 0.1) is 20.8 Å². The Morgan fingerprint density at radius 1 is 1.23 bits per heavy atom. The molecule has 0 unspecified atom stereocenters. The summed E-state index contributed by atoms with van der Waals surface area (Å²) in [5, 5.41) is 3.74. The minimum absolute atomic E-state index is 0.0269. The second-order valence-electron chi connectivity index (χ2n) is 5.42. The number of benzene rings is 1. The van der Waals surface area contributed by atoms with Crippen molar-refractivity contribution in [2.75, 3.05) is 4.72 Å². The van der Waals surface area contributed by atoms with Gasteiger partial charge in [-0.25, -0.2) is 13.1 Å². The first-order valence-electron chi connectivity index (χ1n) is 6.93. The molecule has 1 aromatic heterocycles. The lowest BCUT2D eigenvalue weighted by atomic mass is 10.2. The Morgan fingerprint density at radius 2 is 1.91 bits per heavy atom. The van der Waals surface area contributed by atoms with E-state index in [1.165, 1.54) is 6.07 Å². The molecule has 0 atom stereocenters. The number of rotatable bonds is 5. The maximum atomic E-state index is 12.4. The minimum Gasteiger partial charge on any atom is -0.491 e. The molecule has 0 radical (unpaired) electrons. The fourth-order valence-electron chi connectivity index (χ4n) is 1.87. The lowest BCUT2D eigenvalue weighted by molar-refractivity contribution is 0.240. The van der Waals surface area contributed by atoms with Crippen LogP contribution in [-0.2, 0) is 10.0 Å². The van der Waals surface area contributed by atoms with Gasteiger partial charge >= 0.3 is 0 Å². The van der Waals surface area contributed by atoms with E-state index in [-0.39, 0.29) is 16.9 Å². The molecule has 120 valence electrons. The highest BCUT2D eigenvalue weighted by molar-refractivity contribution is 7.92. The largest absolute Gasteiger partial charge is 0.491 e. The summed E-state index contributed by atoms with van der Waals surface area (Å²) in [5.41, 5.74) is 2.07. The number of nitrogens with one attached hydrogen (secondary N) is 1. The molecule has 0 saturated heterocycles. The van der Waals surface area contributed by atoms with Crippen LogP contribution in [0.2, 0.25) is 0 Å². The summed E-state index contributed by atoms with van der Waals surface area (Å²) in [6, 6.07) is 4.73. The topological polar surface area (TPSA) is 81.4 Å². The van der Waals surface area contributed by atoms with Gasteiger partial charge in [-0.15, -0.1) is 0 Å². The van der Waals surface area contributed by atoms with Crippen LogP contribution in [0.25, 0.3) is 0 Å². The van der Waals surface area contributed by atoms with E-state index in [1.54, 1.807) is 32.9 Å². The fourth-order valence-corrected chi connectivity index (χ4v) is 3.00. The van der Waals surface area contributed by atoms with Gasteiger partial charge in [-0.05, 0) is 58.4 Å². The standard InChI is InChI=1S/C15H20N2O4S/c1-9(2)20-14-7-6-13(8-10(14)3)22(18,19)17-15-11(4)12(5)16-21-15/h6-9,17H,1-5H3. The Labute approximate surface area is 130 Å². The van der Waals surface area contributed by atoms with Gasteiger partial charge in [0.1, 0.15) is 5.75 Å². The SMILES string of the molecule is Cc1cc(S(=O)(=O)Nc2onc(C)c2C)ccc1OC(C)C. The summed E-state index contributed by atoms with van der Waals surface area (Å²) in [6.45, 7) is 9.13. The van der Waals surface area contributed by atoms with E-state index in [4.69, 9.17) is 9.26 Å². The molecule has 1 N–H and O–H groups in total. The summed E-state index contributed by atoms with van der Waals surface area (Å²) in [6.07, 6.45) is 0.0269. The number of anilines is 1. The van der Waals surface area contributed by atoms with Gasteiger partial charge in [-0.3, -0.25) is 0 Å². The highest BCUT2D eigenvalue weighted by Gasteiger charge is 2.20. The highest BCUT2D eigenvalue weighted by atomic mass is 32.2. The van der Waals surface area contributed by atoms with Crippen LogP contribution in [0.5, 0.6) is 5.75 Å². The molecular formula is C15H20N2O4S. The Kier molecular flexibility index (Phi) is 4.46. The van der Waals surface area contributed by atoms with Gasteiger partial charge in [0, 0.05) is 5.56 Å². The fraction of sp³-hybridized carbons (Fsp3) is 0.400. The molecule has 0 aliphatic carbocycles. The van der Waals surface area contributed by atoms with E-state index in [0.717, 1.165) is 5.56 Å². The second kappa shape index (κ2) is 6.00. The molecule has 22 heavy (non-hydrogen) atoms. The van der Waals surface area contributed by atoms with Gasteiger partial charge < -0.3 is 9.26 Å². The van der Waals surface area contributed by atoms with Crippen molar-refractivity contribution in [1.82, 2.24) is 5.16 Å². The first kappa shape index (κ1) is 16.4. The molecule has 7 heteroatoms. The zero-order valence-electron chi connectivity index (χ0n) is 13.3. The van der Waals surface area contributed by atoms with Gasteiger partial charge in [0.25, 0.3) is 10.0 Å². The third-order valence-corrected chi connectivity index (χ3v) is 4.53. The van der Waals surface area contributed by atoms with Crippen molar-refractivity contribution < 1.29 is 17.7 Å². The number of sulfonamides is 1. The van der Waals surface area contributed by atoms with Crippen molar-refractivity contribution in [3.63, 3.8) is 0 Å². The Morgan fingerprint density at radius 3 is 2.41 bits per heavy atom. The molecule has 0 aliphatic rings. The molecule has 0 fully saturated rings. The van der Waals surface area contributed by atoms with Crippen LogP contribution < -0.4 is 9.46 Å². The van der Waals surface area contributed by atoms with Crippen molar-refractivity contribution in [1.29, 1.82) is 0 Å².